The fourth-order valence-corrected chi connectivity index (χ4v) is 2.25. The summed E-state index contributed by atoms with van der Waals surface area (Å²) in [4.78, 5) is 0. The van der Waals surface area contributed by atoms with Crippen molar-refractivity contribution in [3.05, 3.63) is 64.0 Å². The van der Waals surface area contributed by atoms with Crippen molar-refractivity contribution in [2.75, 3.05) is 0 Å². The van der Waals surface area contributed by atoms with Crippen LogP contribution in [0.15, 0.2) is 47.1 Å². The Kier molecular flexibility index (Phi) is 2.88. The molecule has 2 aromatic heterocycles. The van der Waals surface area contributed by atoms with Gasteiger partial charge in [-0.1, -0.05) is 45.8 Å². The number of rotatable bonds is 2. The molecule has 18 heavy (non-hydrogen) atoms. The first-order valence-corrected chi connectivity index (χ1v) is 6.56. The number of halogens is 1. The summed E-state index contributed by atoms with van der Waals surface area (Å²) in [5, 5.41) is 8.42. The molecule has 4 heteroatoms. The number of hydrogen-bond donors (Lipinski definition) is 0. The van der Waals surface area contributed by atoms with Crippen molar-refractivity contribution < 1.29 is 0 Å². The zero-order chi connectivity index (χ0) is 12.5. The van der Waals surface area contributed by atoms with Crippen LogP contribution in [0.25, 0.3) is 5.65 Å². The molecule has 0 aliphatic heterocycles. The molecule has 0 aliphatic rings. The van der Waals surface area contributed by atoms with Crippen molar-refractivity contribution in [2.45, 2.75) is 13.3 Å². The van der Waals surface area contributed by atoms with Crippen molar-refractivity contribution in [1.82, 2.24) is 14.6 Å². The van der Waals surface area contributed by atoms with E-state index in [-0.39, 0.29) is 0 Å². The lowest BCUT2D eigenvalue weighted by molar-refractivity contribution is 0.934. The minimum Gasteiger partial charge on any atom is -0.286 e. The van der Waals surface area contributed by atoms with Crippen LogP contribution in [0.2, 0.25) is 0 Å². The van der Waals surface area contributed by atoms with Gasteiger partial charge >= 0.3 is 0 Å². The van der Waals surface area contributed by atoms with E-state index in [1.54, 1.807) is 0 Å². The highest BCUT2D eigenvalue weighted by atomic mass is 79.9. The van der Waals surface area contributed by atoms with Gasteiger partial charge in [-0.2, -0.15) is 0 Å². The third-order valence-electron chi connectivity index (χ3n) is 2.93. The summed E-state index contributed by atoms with van der Waals surface area (Å²) >= 11 is 3.44. The van der Waals surface area contributed by atoms with Crippen molar-refractivity contribution >= 4 is 21.6 Å². The number of benzene rings is 1. The van der Waals surface area contributed by atoms with Gasteiger partial charge < -0.3 is 0 Å². The number of aromatic nitrogens is 3. The predicted octanol–water partition coefficient (Wildman–Crippen LogP) is 3.39. The smallest absolute Gasteiger partial charge is 0.161 e. The lowest BCUT2D eigenvalue weighted by Gasteiger charge is -2.01. The molecule has 0 amide bonds. The van der Waals surface area contributed by atoms with E-state index in [0.717, 1.165) is 22.4 Å². The third kappa shape index (κ3) is 2.16. The molecule has 3 aromatic rings. The highest BCUT2D eigenvalue weighted by Crippen LogP contribution is 2.15. The van der Waals surface area contributed by atoms with Crippen molar-refractivity contribution in [2.24, 2.45) is 0 Å². The van der Waals surface area contributed by atoms with Crippen LogP contribution in [-0.2, 0) is 6.42 Å². The maximum Gasteiger partial charge on any atom is 0.161 e. The van der Waals surface area contributed by atoms with Gasteiger partial charge in [0.25, 0.3) is 0 Å². The van der Waals surface area contributed by atoms with E-state index in [1.165, 1.54) is 11.1 Å². The molecule has 0 saturated heterocycles. The second kappa shape index (κ2) is 4.53. The van der Waals surface area contributed by atoms with Crippen LogP contribution in [0.3, 0.4) is 0 Å². The van der Waals surface area contributed by atoms with Crippen LogP contribution in [0, 0.1) is 6.92 Å². The van der Waals surface area contributed by atoms with E-state index >= 15 is 0 Å². The predicted molar refractivity (Wildman–Crippen MR) is 74.7 cm³/mol. The second-order valence-corrected chi connectivity index (χ2v) is 5.27. The van der Waals surface area contributed by atoms with E-state index in [4.69, 9.17) is 0 Å². The summed E-state index contributed by atoms with van der Waals surface area (Å²) in [6.07, 6.45) is 2.78. The van der Waals surface area contributed by atoms with E-state index in [9.17, 15) is 0 Å². The Bertz CT molecular complexity index is 686. The van der Waals surface area contributed by atoms with E-state index in [1.807, 2.05) is 22.7 Å². The highest BCUT2D eigenvalue weighted by molar-refractivity contribution is 9.10. The summed E-state index contributed by atoms with van der Waals surface area (Å²) in [7, 11) is 0. The van der Waals surface area contributed by atoms with Gasteiger partial charge in [0.15, 0.2) is 5.65 Å². The summed E-state index contributed by atoms with van der Waals surface area (Å²) < 4.78 is 3.04. The molecular weight excluding hydrogens is 290 g/mol. The quantitative estimate of drug-likeness (QED) is 0.726. The van der Waals surface area contributed by atoms with Crippen LogP contribution in [-0.4, -0.2) is 14.6 Å². The Balaban J connectivity index is 1.97. The summed E-state index contributed by atoms with van der Waals surface area (Å²) in [6.45, 7) is 2.09. The van der Waals surface area contributed by atoms with Gasteiger partial charge in [0.2, 0.25) is 0 Å². The van der Waals surface area contributed by atoms with Gasteiger partial charge in [-0.15, -0.1) is 10.2 Å². The van der Waals surface area contributed by atoms with Gasteiger partial charge in [-0.05, 0) is 24.6 Å². The first-order chi connectivity index (χ1) is 8.72. The third-order valence-corrected chi connectivity index (χ3v) is 3.42. The van der Waals surface area contributed by atoms with Crippen molar-refractivity contribution in [3.63, 3.8) is 0 Å². The van der Waals surface area contributed by atoms with Crippen molar-refractivity contribution in [3.8, 4) is 0 Å². The first kappa shape index (κ1) is 11.4. The average Bonchev–Trinajstić information content (AvgIpc) is 2.74. The standard InChI is InChI=1S/C14H12BrN3/c1-10-2-4-11(5-3-10)8-13-16-17-14-9-12(15)6-7-18(13)14/h2-7,9H,8H2,1H3. The number of hydrogen-bond acceptors (Lipinski definition) is 2. The van der Waals surface area contributed by atoms with Gasteiger partial charge in [0.05, 0.1) is 0 Å². The molecule has 3 nitrogen and oxygen atoms in total. The molecule has 1 aromatic carbocycles. The minimum absolute atomic E-state index is 0.795. The topological polar surface area (TPSA) is 30.2 Å². The molecule has 0 atom stereocenters. The van der Waals surface area contributed by atoms with Gasteiger partial charge in [-0.3, -0.25) is 4.40 Å². The van der Waals surface area contributed by atoms with Crippen LogP contribution in [0.1, 0.15) is 17.0 Å². The van der Waals surface area contributed by atoms with Crippen LogP contribution in [0.4, 0.5) is 0 Å². The zero-order valence-electron chi connectivity index (χ0n) is 9.97. The Morgan fingerprint density at radius 3 is 2.67 bits per heavy atom. The lowest BCUT2D eigenvalue weighted by Crippen LogP contribution is -1.96. The van der Waals surface area contributed by atoms with Crippen LogP contribution < -0.4 is 0 Å². The summed E-state index contributed by atoms with van der Waals surface area (Å²) in [6, 6.07) is 12.5. The van der Waals surface area contributed by atoms with Gasteiger partial charge in [-0.25, -0.2) is 0 Å². The van der Waals surface area contributed by atoms with E-state index < -0.39 is 0 Å². The molecule has 90 valence electrons. The number of nitrogens with zero attached hydrogens (tertiary/aromatic N) is 3. The van der Waals surface area contributed by atoms with Gasteiger partial charge in [0, 0.05) is 17.1 Å². The lowest BCUT2D eigenvalue weighted by atomic mass is 10.1. The Labute approximate surface area is 114 Å². The fourth-order valence-electron chi connectivity index (χ4n) is 1.92. The summed E-state index contributed by atoms with van der Waals surface area (Å²) in [5.74, 6) is 0.960. The maximum atomic E-state index is 4.25. The van der Waals surface area contributed by atoms with Crippen LogP contribution >= 0.6 is 15.9 Å². The molecule has 0 saturated carbocycles. The molecule has 0 unspecified atom stereocenters. The monoisotopic (exact) mass is 301 g/mol. The minimum atomic E-state index is 0.795. The number of aryl methyl sites for hydroxylation is 1. The molecule has 0 N–H and O–H groups in total. The van der Waals surface area contributed by atoms with E-state index in [0.29, 0.717) is 0 Å². The first-order valence-electron chi connectivity index (χ1n) is 5.77. The molecule has 0 fully saturated rings. The number of pyridine rings is 1. The molecule has 3 rings (SSSR count). The molecule has 0 radical (unpaired) electrons. The zero-order valence-corrected chi connectivity index (χ0v) is 11.6. The average molecular weight is 302 g/mol. The normalized spacial score (nSPS) is 11.0. The second-order valence-electron chi connectivity index (χ2n) is 4.35. The fraction of sp³-hybridized carbons (Fsp3) is 0.143. The number of fused-ring (bicyclic) bond motifs is 1. The molecular formula is C14H12BrN3. The highest BCUT2D eigenvalue weighted by Gasteiger charge is 2.06. The largest absolute Gasteiger partial charge is 0.286 e. The van der Waals surface area contributed by atoms with Crippen LogP contribution in [0.5, 0.6) is 0 Å². The Morgan fingerprint density at radius 1 is 1.11 bits per heavy atom. The SMILES string of the molecule is Cc1ccc(Cc2nnc3cc(Br)ccn23)cc1. The van der Waals surface area contributed by atoms with Gasteiger partial charge in [0.1, 0.15) is 5.82 Å². The molecule has 0 aliphatic carbocycles. The molecule has 2 heterocycles. The van der Waals surface area contributed by atoms with Crippen molar-refractivity contribution in [1.29, 1.82) is 0 Å². The van der Waals surface area contributed by atoms with E-state index in [2.05, 4.69) is 57.3 Å². The Morgan fingerprint density at radius 2 is 1.89 bits per heavy atom. The molecule has 0 bridgehead atoms. The maximum absolute atomic E-state index is 4.25. The summed E-state index contributed by atoms with van der Waals surface area (Å²) in [5.41, 5.74) is 3.39. The Hall–Kier alpha value is -1.68. The molecule has 0 spiro atoms.